The topological polar surface area (TPSA) is 62.4 Å². The monoisotopic (exact) mass is 382 g/mol. The standard InChI is InChI=1S/C21H22N2O3S/c1-13(2)19(20(24)23-9-7-18-14(12-23)8-10-27-18)26-21(25)16-11-22-17-6-4-3-5-15(16)17/h3-6,8,10-11,13,19,22H,7,9,12H2,1-2H3. The van der Waals surface area contributed by atoms with Crippen LogP contribution in [0, 0.1) is 5.92 Å². The Morgan fingerprint density at radius 3 is 2.85 bits per heavy atom. The average molecular weight is 382 g/mol. The summed E-state index contributed by atoms with van der Waals surface area (Å²) < 4.78 is 5.70. The lowest BCUT2D eigenvalue weighted by Crippen LogP contribution is -2.45. The van der Waals surface area contributed by atoms with Gasteiger partial charge in [0.25, 0.3) is 5.91 Å². The molecule has 0 saturated carbocycles. The number of carbonyl (C=O) groups excluding carboxylic acids is 2. The molecule has 0 bridgehead atoms. The van der Waals surface area contributed by atoms with Crippen molar-refractivity contribution in [2.75, 3.05) is 6.54 Å². The van der Waals surface area contributed by atoms with Crippen molar-refractivity contribution in [3.8, 4) is 0 Å². The number of hydrogen-bond donors (Lipinski definition) is 1. The Morgan fingerprint density at radius 2 is 2.04 bits per heavy atom. The van der Waals surface area contributed by atoms with Crippen LogP contribution in [0.2, 0.25) is 0 Å². The molecule has 1 amide bonds. The van der Waals surface area contributed by atoms with Crippen LogP contribution in [0.3, 0.4) is 0 Å². The predicted molar refractivity (Wildman–Crippen MR) is 106 cm³/mol. The number of para-hydroxylation sites is 1. The van der Waals surface area contributed by atoms with Crippen molar-refractivity contribution < 1.29 is 14.3 Å². The second-order valence-electron chi connectivity index (χ2n) is 7.20. The van der Waals surface area contributed by atoms with E-state index in [0.717, 1.165) is 17.3 Å². The molecule has 3 aromatic rings. The van der Waals surface area contributed by atoms with Gasteiger partial charge in [-0.1, -0.05) is 32.0 Å². The van der Waals surface area contributed by atoms with E-state index in [0.29, 0.717) is 18.7 Å². The highest BCUT2D eigenvalue weighted by atomic mass is 32.1. The van der Waals surface area contributed by atoms with E-state index in [9.17, 15) is 9.59 Å². The summed E-state index contributed by atoms with van der Waals surface area (Å²) in [6.07, 6.45) is 1.72. The van der Waals surface area contributed by atoms with Crippen LogP contribution in [0.5, 0.6) is 0 Å². The highest BCUT2D eigenvalue weighted by Crippen LogP contribution is 2.26. The van der Waals surface area contributed by atoms with Crippen LogP contribution in [-0.2, 0) is 22.5 Å². The smallest absolute Gasteiger partial charge is 0.341 e. The van der Waals surface area contributed by atoms with E-state index in [1.54, 1.807) is 17.5 Å². The third kappa shape index (κ3) is 3.37. The van der Waals surface area contributed by atoms with Crippen LogP contribution >= 0.6 is 11.3 Å². The van der Waals surface area contributed by atoms with Crippen molar-refractivity contribution in [1.82, 2.24) is 9.88 Å². The Kier molecular flexibility index (Phi) is 4.74. The molecule has 1 unspecified atom stereocenters. The van der Waals surface area contributed by atoms with E-state index >= 15 is 0 Å². The molecule has 1 N–H and O–H groups in total. The summed E-state index contributed by atoms with van der Waals surface area (Å²) in [7, 11) is 0. The van der Waals surface area contributed by atoms with Crippen molar-refractivity contribution in [3.63, 3.8) is 0 Å². The van der Waals surface area contributed by atoms with Gasteiger partial charge in [0.2, 0.25) is 0 Å². The minimum atomic E-state index is -0.786. The van der Waals surface area contributed by atoms with Gasteiger partial charge in [0, 0.05) is 35.1 Å². The van der Waals surface area contributed by atoms with Crippen molar-refractivity contribution in [2.45, 2.75) is 32.9 Å². The number of fused-ring (bicyclic) bond motifs is 2. The van der Waals surface area contributed by atoms with E-state index in [1.165, 1.54) is 10.4 Å². The van der Waals surface area contributed by atoms with Gasteiger partial charge < -0.3 is 14.6 Å². The van der Waals surface area contributed by atoms with Crippen LogP contribution in [0.1, 0.15) is 34.6 Å². The zero-order valence-electron chi connectivity index (χ0n) is 15.4. The molecule has 0 aliphatic carbocycles. The number of benzene rings is 1. The minimum absolute atomic E-state index is 0.101. The van der Waals surface area contributed by atoms with Gasteiger partial charge in [-0.15, -0.1) is 11.3 Å². The van der Waals surface area contributed by atoms with Crippen molar-refractivity contribution in [3.05, 3.63) is 57.9 Å². The van der Waals surface area contributed by atoms with Crippen LogP contribution in [-0.4, -0.2) is 34.4 Å². The zero-order chi connectivity index (χ0) is 19.0. The minimum Gasteiger partial charge on any atom is -0.448 e. The maximum atomic E-state index is 13.1. The lowest BCUT2D eigenvalue weighted by Gasteiger charge is -2.31. The fourth-order valence-electron chi connectivity index (χ4n) is 3.51. The molecule has 1 aromatic carbocycles. The number of thiophene rings is 1. The summed E-state index contributed by atoms with van der Waals surface area (Å²) in [5.41, 5.74) is 2.53. The molecule has 0 saturated heterocycles. The summed E-state index contributed by atoms with van der Waals surface area (Å²) in [5.74, 6) is -0.682. The number of aromatic amines is 1. The van der Waals surface area contributed by atoms with Crippen molar-refractivity contribution >= 4 is 34.1 Å². The molecule has 1 atom stereocenters. The molecule has 6 heteroatoms. The maximum Gasteiger partial charge on any atom is 0.341 e. The van der Waals surface area contributed by atoms with Gasteiger partial charge in [-0.05, 0) is 35.4 Å². The Morgan fingerprint density at radius 1 is 1.22 bits per heavy atom. The number of rotatable bonds is 4. The lowest BCUT2D eigenvalue weighted by atomic mass is 10.0. The lowest BCUT2D eigenvalue weighted by molar-refractivity contribution is -0.144. The summed E-state index contributed by atoms with van der Waals surface area (Å²) in [5, 5.41) is 2.87. The molecule has 27 heavy (non-hydrogen) atoms. The van der Waals surface area contributed by atoms with Crippen LogP contribution in [0.25, 0.3) is 10.9 Å². The summed E-state index contributed by atoms with van der Waals surface area (Å²) >= 11 is 1.74. The maximum absolute atomic E-state index is 13.1. The molecule has 1 aliphatic rings. The number of amides is 1. The highest BCUT2D eigenvalue weighted by molar-refractivity contribution is 7.10. The fraction of sp³-hybridized carbons (Fsp3) is 0.333. The largest absolute Gasteiger partial charge is 0.448 e. The summed E-state index contributed by atoms with van der Waals surface area (Å²) in [6.45, 7) is 5.07. The second kappa shape index (κ2) is 7.19. The third-order valence-corrected chi connectivity index (χ3v) is 6.03. The Bertz CT molecular complexity index is 988. The number of carbonyl (C=O) groups is 2. The summed E-state index contributed by atoms with van der Waals surface area (Å²) in [4.78, 5) is 32.1. The second-order valence-corrected chi connectivity index (χ2v) is 8.20. The molecule has 4 rings (SSSR count). The first-order chi connectivity index (χ1) is 13.0. The first-order valence-corrected chi connectivity index (χ1v) is 10.0. The number of nitrogens with zero attached hydrogens (tertiary/aromatic N) is 1. The Hall–Kier alpha value is -2.60. The van der Waals surface area contributed by atoms with Crippen LogP contribution < -0.4 is 0 Å². The molecular weight excluding hydrogens is 360 g/mol. The normalized spacial score (nSPS) is 15.0. The number of ether oxygens (including phenoxy) is 1. The molecule has 5 nitrogen and oxygen atoms in total. The molecule has 3 heterocycles. The van der Waals surface area contributed by atoms with Gasteiger partial charge in [0.05, 0.1) is 5.56 Å². The van der Waals surface area contributed by atoms with Gasteiger partial charge in [0.15, 0.2) is 6.10 Å². The number of nitrogens with one attached hydrogen (secondary N) is 1. The third-order valence-electron chi connectivity index (χ3n) is 5.01. The molecule has 2 aromatic heterocycles. The predicted octanol–water partition coefficient (Wildman–Crippen LogP) is 4.00. The molecule has 140 valence electrons. The van der Waals surface area contributed by atoms with Gasteiger partial charge in [-0.2, -0.15) is 0 Å². The number of esters is 1. The van der Waals surface area contributed by atoms with E-state index in [2.05, 4.69) is 16.4 Å². The SMILES string of the molecule is CC(C)C(OC(=O)c1c[nH]c2ccccc12)C(=O)N1CCc2sccc2C1. The highest BCUT2D eigenvalue weighted by Gasteiger charge is 2.33. The quantitative estimate of drug-likeness (QED) is 0.694. The molecule has 1 aliphatic heterocycles. The van der Waals surface area contributed by atoms with Gasteiger partial charge in [0.1, 0.15) is 0 Å². The number of hydrogen-bond acceptors (Lipinski definition) is 4. The molecule has 0 fully saturated rings. The molecule has 0 spiro atoms. The van der Waals surface area contributed by atoms with Crippen molar-refractivity contribution in [2.24, 2.45) is 5.92 Å². The molecular formula is C21H22N2O3S. The van der Waals surface area contributed by atoms with Crippen molar-refractivity contribution in [1.29, 1.82) is 0 Å². The van der Waals surface area contributed by atoms with Gasteiger partial charge in [-0.3, -0.25) is 4.79 Å². The average Bonchev–Trinajstić information content (AvgIpc) is 3.31. The first-order valence-electron chi connectivity index (χ1n) is 9.15. The van der Waals surface area contributed by atoms with E-state index in [1.807, 2.05) is 43.0 Å². The van der Waals surface area contributed by atoms with Gasteiger partial charge >= 0.3 is 5.97 Å². The summed E-state index contributed by atoms with van der Waals surface area (Å²) in [6, 6.07) is 9.64. The number of H-pyrrole nitrogens is 1. The Labute approximate surface area is 161 Å². The molecule has 0 radical (unpaired) electrons. The van der Waals surface area contributed by atoms with Gasteiger partial charge in [-0.25, -0.2) is 4.79 Å². The zero-order valence-corrected chi connectivity index (χ0v) is 16.2. The van der Waals surface area contributed by atoms with Crippen LogP contribution in [0.4, 0.5) is 0 Å². The van der Waals surface area contributed by atoms with E-state index < -0.39 is 12.1 Å². The Balaban J connectivity index is 1.53. The van der Waals surface area contributed by atoms with E-state index in [-0.39, 0.29) is 11.8 Å². The van der Waals surface area contributed by atoms with Crippen LogP contribution in [0.15, 0.2) is 41.9 Å². The fourth-order valence-corrected chi connectivity index (χ4v) is 4.40. The number of aromatic nitrogens is 1. The van der Waals surface area contributed by atoms with E-state index in [4.69, 9.17) is 4.74 Å². The first kappa shape index (κ1) is 17.8.